The molecular weight excluding hydrogens is 502 g/mol. The van der Waals surface area contributed by atoms with Gasteiger partial charge >= 0.3 is 0 Å². The zero-order valence-corrected chi connectivity index (χ0v) is 22.5. The number of aliphatic hydroxyl groups is 1. The minimum absolute atomic E-state index is 0.0166. The van der Waals surface area contributed by atoms with Crippen molar-refractivity contribution in [2.45, 2.75) is 71.2 Å². The second-order valence-corrected chi connectivity index (χ2v) is 11.8. The predicted octanol–water partition coefficient (Wildman–Crippen LogP) is 1.06. The normalized spacial score (nSPS) is 23.9. The fraction of sp³-hybridized carbons (Fsp3) is 0.615. The van der Waals surface area contributed by atoms with E-state index in [1.807, 2.05) is 20.8 Å². The maximum atomic E-state index is 13.3. The van der Waals surface area contributed by atoms with Crippen LogP contribution in [0.25, 0.3) is 0 Å². The van der Waals surface area contributed by atoms with Gasteiger partial charge < -0.3 is 25.5 Å². The lowest BCUT2D eigenvalue weighted by Crippen LogP contribution is -2.58. The highest BCUT2D eigenvalue weighted by Gasteiger charge is 2.49. The summed E-state index contributed by atoms with van der Waals surface area (Å²) in [5.74, 6) is -1.29. The fourth-order valence-corrected chi connectivity index (χ4v) is 5.12. The van der Waals surface area contributed by atoms with Gasteiger partial charge in [0, 0.05) is 38.0 Å². The van der Waals surface area contributed by atoms with Crippen molar-refractivity contribution in [2.75, 3.05) is 25.0 Å². The first-order valence-corrected chi connectivity index (χ1v) is 13.4. The second kappa shape index (κ2) is 10.3. The number of carbonyl (C=O) groups excluding carboxylic acids is 3. The van der Waals surface area contributed by atoms with Crippen molar-refractivity contribution in [1.82, 2.24) is 35.5 Å². The summed E-state index contributed by atoms with van der Waals surface area (Å²) in [7, 11) is 0. The standard InChI is InChI=1S/C26H35N9O4/c1-26(2,3)14-34-20-10-18(32-35(20)25(39)21(24(34)38)22(36)30-16-4-5-16)31-19-13-28-17(12-29-19)23(37)33-8-6-15(11-27)7-9-33/h12-13,15-16,18,20,32,38H,4-10,14H2,1-3H3,(H,29,31)(H,30,36). The molecule has 4 aliphatic rings. The van der Waals surface area contributed by atoms with Crippen LogP contribution in [-0.4, -0.2) is 85.6 Å². The van der Waals surface area contributed by atoms with Gasteiger partial charge in [-0.25, -0.2) is 20.4 Å². The first-order chi connectivity index (χ1) is 18.5. The van der Waals surface area contributed by atoms with Gasteiger partial charge in [0.2, 0.25) is 5.88 Å². The minimum Gasteiger partial charge on any atom is -0.494 e. The molecule has 0 radical (unpaired) electrons. The molecule has 2 saturated heterocycles. The highest BCUT2D eigenvalue weighted by molar-refractivity contribution is 6.19. The van der Waals surface area contributed by atoms with Gasteiger partial charge in [-0.05, 0) is 31.1 Å². The van der Waals surface area contributed by atoms with Crippen molar-refractivity contribution in [2.24, 2.45) is 11.3 Å². The van der Waals surface area contributed by atoms with Crippen LogP contribution in [0.1, 0.15) is 63.4 Å². The van der Waals surface area contributed by atoms with Crippen LogP contribution in [-0.2, 0) is 9.59 Å². The Morgan fingerprint density at radius 3 is 2.49 bits per heavy atom. The Kier molecular flexibility index (Phi) is 7.07. The molecule has 2 unspecified atom stereocenters. The van der Waals surface area contributed by atoms with Crippen LogP contribution in [0.5, 0.6) is 0 Å². The third kappa shape index (κ3) is 5.75. The molecule has 2 atom stereocenters. The number of anilines is 1. The topological polar surface area (TPSA) is 167 Å². The van der Waals surface area contributed by atoms with E-state index in [-0.39, 0.29) is 40.4 Å². The number of aromatic nitrogens is 2. The zero-order chi connectivity index (χ0) is 27.9. The lowest BCUT2D eigenvalue weighted by molar-refractivity contribution is -0.142. The summed E-state index contributed by atoms with van der Waals surface area (Å²) in [5.41, 5.74) is 2.85. The molecule has 0 bridgehead atoms. The molecule has 208 valence electrons. The van der Waals surface area contributed by atoms with Crippen molar-refractivity contribution >= 4 is 23.5 Å². The number of hydrogen-bond donors (Lipinski definition) is 4. The Balaban J connectivity index is 1.27. The van der Waals surface area contributed by atoms with Crippen LogP contribution in [0.2, 0.25) is 0 Å². The van der Waals surface area contributed by atoms with Crippen LogP contribution in [0.15, 0.2) is 23.8 Å². The molecule has 0 spiro atoms. The molecule has 1 aromatic heterocycles. The molecule has 1 aromatic rings. The van der Waals surface area contributed by atoms with Crippen molar-refractivity contribution in [1.29, 1.82) is 5.26 Å². The second-order valence-electron chi connectivity index (χ2n) is 11.8. The van der Waals surface area contributed by atoms with E-state index in [0.29, 0.717) is 44.7 Å². The average Bonchev–Trinajstić information content (AvgIpc) is 3.61. The highest BCUT2D eigenvalue weighted by atomic mass is 16.3. The summed E-state index contributed by atoms with van der Waals surface area (Å²) >= 11 is 0. The van der Waals surface area contributed by atoms with Gasteiger partial charge in [0.25, 0.3) is 17.7 Å². The first kappa shape index (κ1) is 26.7. The molecule has 3 aliphatic heterocycles. The van der Waals surface area contributed by atoms with E-state index in [9.17, 15) is 19.5 Å². The van der Waals surface area contributed by atoms with Crippen LogP contribution < -0.4 is 16.1 Å². The number of fused-ring (bicyclic) bond motifs is 1. The Hall–Kier alpha value is -3.92. The summed E-state index contributed by atoms with van der Waals surface area (Å²) in [6.07, 6.45) is 5.35. The molecule has 13 heteroatoms. The van der Waals surface area contributed by atoms with E-state index in [1.54, 1.807) is 9.80 Å². The van der Waals surface area contributed by atoms with Gasteiger partial charge in [0.1, 0.15) is 17.7 Å². The lowest BCUT2D eigenvalue weighted by Gasteiger charge is -2.42. The highest BCUT2D eigenvalue weighted by Crippen LogP contribution is 2.33. The molecule has 4 N–H and O–H groups in total. The summed E-state index contributed by atoms with van der Waals surface area (Å²) in [6.45, 7) is 7.52. The Labute approximate surface area is 227 Å². The summed E-state index contributed by atoms with van der Waals surface area (Å²) in [5, 5.41) is 27.5. The number of nitrogens with one attached hydrogen (secondary N) is 3. The monoisotopic (exact) mass is 537 g/mol. The molecule has 3 amide bonds. The molecule has 13 nitrogen and oxygen atoms in total. The number of nitriles is 1. The number of hydrogen-bond acceptors (Lipinski definition) is 10. The molecular formula is C26H35N9O4. The quantitative estimate of drug-likeness (QED) is 0.385. The number of aliphatic hydroxyl groups excluding tert-OH is 1. The summed E-state index contributed by atoms with van der Waals surface area (Å²) < 4.78 is 0. The van der Waals surface area contributed by atoms with Crippen LogP contribution in [0.4, 0.5) is 5.82 Å². The van der Waals surface area contributed by atoms with Crippen molar-refractivity contribution in [3.8, 4) is 6.07 Å². The van der Waals surface area contributed by atoms with E-state index < -0.39 is 24.1 Å². The van der Waals surface area contributed by atoms with Crippen LogP contribution in [0.3, 0.4) is 0 Å². The Morgan fingerprint density at radius 1 is 1.18 bits per heavy atom. The number of nitrogens with zero attached hydrogens (tertiary/aromatic N) is 6. The third-order valence-corrected chi connectivity index (χ3v) is 7.27. The Morgan fingerprint density at radius 2 is 1.90 bits per heavy atom. The number of likely N-dealkylation sites (tertiary alicyclic amines) is 1. The number of carbonyl (C=O) groups is 3. The number of piperidine rings is 1. The van der Waals surface area contributed by atoms with Crippen LogP contribution in [0, 0.1) is 22.7 Å². The number of rotatable bonds is 6. The summed E-state index contributed by atoms with van der Waals surface area (Å²) in [6, 6.07) is 2.30. The van der Waals surface area contributed by atoms with Gasteiger partial charge in [-0.1, -0.05) is 20.8 Å². The maximum Gasteiger partial charge on any atom is 0.281 e. The van der Waals surface area contributed by atoms with E-state index in [0.717, 1.165) is 12.8 Å². The lowest BCUT2D eigenvalue weighted by atomic mass is 9.95. The average molecular weight is 538 g/mol. The third-order valence-electron chi connectivity index (χ3n) is 7.27. The molecule has 0 aromatic carbocycles. The molecule has 39 heavy (non-hydrogen) atoms. The van der Waals surface area contributed by atoms with E-state index in [4.69, 9.17) is 5.26 Å². The SMILES string of the molecule is CC(C)(C)CN1C(O)=C(C(=O)NC2CC2)C(=O)N2NC(Nc3cnc(C(=O)N4CCC(C#N)CC4)cn3)CC12. The van der Waals surface area contributed by atoms with E-state index >= 15 is 0 Å². The van der Waals surface area contributed by atoms with Crippen molar-refractivity contribution in [3.05, 3.63) is 29.5 Å². The number of amides is 3. The minimum atomic E-state index is -0.586. The smallest absolute Gasteiger partial charge is 0.281 e. The predicted molar refractivity (Wildman–Crippen MR) is 139 cm³/mol. The van der Waals surface area contributed by atoms with Crippen molar-refractivity contribution < 1.29 is 19.5 Å². The molecule has 4 heterocycles. The first-order valence-electron chi connectivity index (χ1n) is 13.4. The summed E-state index contributed by atoms with van der Waals surface area (Å²) in [4.78, 5) is 51.0. The van der Waals surface area contributed by atoms with Crippen molar-refractivity contribution in [3.63, 3.8) is 0 Å². The van der Waals surface area contributed by atoms with Crippen LogP contribution >= 0.6 is 0 Å². The van der Waals surface area contributed by atoms with Gasteiger partial charge in [-0.3, -0.25) is 14.4 Å². The molecule has 5 rings (SSSR count). The van der Waals surface area contributed by atoms with E-state index in [2.05, 4.69) is 32.1 Å². The van der Waals surface area contributed by atoms with E-state index in [1.165, 1.54) is 17.4 Å². The zero-order valence-electron chi connectivity index (χ0n) is 22.5. The largest absolute Gasteiger partial charge is 0.494 e. The number of hydrazine groups is 1. The maximum absolute atomic E-state index is 13.3. The fourth-order valence-electron chi connectivity index (χ4n) is 5.12. The van der Waals surface area contributed by atoms with Gasteiger partial charge in [-0.2, -0.15) is 5.26 Å². The molecule has 1 aliphatic carbocycles. The molecule has 1 saturated carbocycles. The van der Waals surface area contributed by atoms with Gasteiger partial charge in [0.05, 0.1) is 24.6 Å². The van der Waals surface area contributed by atoms with Gasteiger partial charge in [-0.15, -0.1) is 0 Å². The van der Waals surface area contributed by atoms with Gasteiger partial charge in [0.15, 0.2) is 5.57 Å². The Bertz CT molecular complexity index is 1210. The molecule has 3 fully saturated rings.